The van der Waals surface area contributed by atoms with Crippen LogP contribution in [-0.4, -0.2) is 10.2 Å². The maximum atomic E-state index is 9.20. The van der Waals surface area contributed by atoms with E-state index in [-0.39, 0.29) is 0 Å². The van der Waals surface area contributed by atoms with Gasteiger partial charge in [0.2, 0.25) is 0 Å². The first-order chi connectivity index (χ1) is 10.3. The first kappa shape index (κ1) is 13.2. The fraction of sp³-hybridized carbons (Fsp3) is 0. The standard InChI is InChI=1S/C16H10ClN3O/c17-13-5-3-7-16(12(13)10-18)21-15-6-2-1-4-11(15)14-8-9-19-20-14/h1-9H,(H,19,20). The second-order valence-electron chi connectivity index (χ2n) is 4.29. The Hall–Kier alpha value is -2.77. The van der Waals surface area contributed by atoms with Crippen molar-refractivity contribution in [2.24, 2.45) is 0 Å². The number of aromatic nitrogens is 2. The summed E-state index contributed by atoms with van der Waals surface area (Å²) in [5.74, 6) is 1.05. The van der Waals surface area contributed by atoms with E-state index in [1.807, 2.05) is 30.3 Å². The van der Waals surface area contributed by atoms with Gasteiger partial charge in [-0.15, -0.1) is 0 Å². The van der Waals surface area contributed by atoms with Crippen LogP contribution in [0.2, 0.25) is 5.02 Å². The second-order valence-corrected chi connectivity index (χ2v) is 4.70. The van der Waals surface area contributed by atoms with Crippen LogP contribution in [0.1, 0.15) is 5.56 Å². The molecule has 5 heteroatoms. The number of hydrogen-bond donors (Lipinski definition) is 1. The molecule has 0 spiro atoms. The van der Waals surface area contributed by atoms with Gasteiger partial charge in [0.1, 0.15) is 23.1 Å². The maximum Gasteiger partial charge on any atom is 0.146 e. The van der Waals surface area contributed by atoms with E-state index in [1.54, 1.807) is 24.4 Å². The average molecular weight is 296 g/mol. The van der Waals surface area contributed by atoms with Crippen LogP contribution < -0.4 is 4.74 Å². The SMILES string of the molecule is N#Cc1c(Cl)cccc1Oc1ccccc1-c1ccn[nH]1. The first-order valence-electron chi connectivity index (χ1n) is 6.25. The quantitative estimate of drug-likeness (QED) is 0.779. The van der Waals surface area contributed by atoms with E-state index in [4.69, 9.17) is 16.3 Å². The zero-order chi connectivity index (χ0) is 14.7. The third-order valence-corrected chi connectivity index (χ3v) is 3.30. The van der Waals surface area contributed by atoms with E-state index in [1.165, 1.54) is 0 Å². The molecule has 0 aliphatic carbocycles. The van der Waals surface area contributed by atoms with Crippen LogP contribution in [0.15, 0.2) is 54.7 Å². The summed E-state index contributed by atoms with van der Waals surface area (Å²) in [6.07, 6.45) is 1.67. The summed E-state index contributed by atoms with van der Waals surface area (Å²) in [7, 11) is 0. The Morgan fingerprint density at radius 1 is 1.05 bits per heavy atom. The van der Waals surface area contributed by atoms with Crippen molar-refractivity contribution in [3.63, 3.8) is 0 Å². The fourth-order valence-corrected chi connectivity index (χ4v) is 2.21. The molecule has 1 N–H and O–H groups in total. The molecular weight excluding hydrogens is 286 g/mol. The van der Waals surface area contributed by atoms with Crippen molar-refractivity contribution in [1.82, 2.24) is 10.2 Å². The molecule has 0 radical (unpaired) electrons. The minimum absolute atomic E-state index is 0.318. The minimum Gasteiger partial charge on any atom is -0.455 e. The zero-order valence-corrected chi connectivity index (χ0v) is 11.6. The van der Waals surface area contributed by atoms with Crippen molar-refractivity contribution < 1.29 is 4.74 Å². The minimum atomic E-state index is 0.318. The van der Waals surface area contributed by atoms with Gasteiger partial charge in [-0.25, -0.2) is 0 Å². The summed E-state index contributed by atoms with van der Waals surface area (Å²) in [5.41, 5.74) is 2.02. The molecule has 2 aromatic carbocycles. The van der Waals surface area contributed by atoms with Crippen molar-refractivity contribution in [3.8, 4) is 28.8 Å². The number of ether oxygens (including phenoxy) is 1. The summed E-state index contributed by atoms with van der Waals surface area (Å²) in [5, 5.41) is 16.4. The Labute approximate surface area is 126 Å². The number of nitrogens with one attached hydrogen (secondary N) is 1. The number of H-pyrrole nitrogens is 1. The molecule has 0 aliphatic rings. The van der Waals surface area contributed by atoms with E-state index in [0.29, 0.717) is 22.1 Å². The highest BCUT2D eigenvalue weighted by molar-refractivity contribution is 6.31. The van der Waals surface area contributed by atoms with Gasteiger partial charge in [0.05, 0.1) is 10.7 Å². The van der Waals surface area contributed by atoms with Crippen molar-refractivity contribution in [3.05, 3.63) is 65.3 Å². The zero-order valence-electron chi connectivity index (χ0n) is 10.9. The third kappa shape index (κ3) is 2.60. The van der Waals surface area contributed by atoms with Crippen molar-refractivity contribution >= 4 is 11.6 Å². The second kappa shape index (κ2) is 5.70. The average Bonchev–Trinajstić information content (AvgIpc) is 3.02. The number of nitrogens with zero attached hydrogens (tertiary/aromatic N) is 2. The van der Waals surface area contributed by atoms with Crippen LogP contribution in [0.5, 0.6) is 11.5 Å². The molecule has 0 atom stereocenters. The van der Waals surface area contributed by atoms with Crippen LogP contribution >= 0.6 is 11.6 Å². The monoisotopic (exact) mass is 295 g/mol. The molecule has 0 aliphatic heterocycles. The Balaban J connectivity index is 2.05. The third-order valence-electron chi connectivity index (χ3n) is 2.99. The van der Waals surface area contributed by atoms with Gasteiger partial charge in [0.25, 0.3) is 0 Å². The molecule has 3 rings (SSSR count). The summed E-state index contributed by atoms with van der Waals surface area (Å²) in [4.78, 5) is 0. The van der Waals surface area contributed by atoms with E-state index < -0.39 is 0 Å². The summed E-state index contributed by atoms with van der Waals surface area (Å²) >= 11 is 6.02. The molecule has 0 saturated heterocycles. The molecule has 3 aromatic rings. The lowest BCUT2D eigenvalue weighted by atomic mass is 10.1. The van der Waals surface area contributed by atoms with Gasteiger partial charge in [0.15, 0.2) is 0 Å². The van der Waals surface area contributed by atoms with Crippen molar-refractivity contribution in [1.29, 1.82) is 5.26 Å². The van der Waals surface area contributed by atoms with Crippen LogP contribution in [-0.2, 0) is 0 Å². The Bertz CT molecular complexity index is 807. The Kier molecular flexibility index (Phi) is 3.59. The highest BCUT2D eigenvalue weighted by atomic mass is 35.5. The Morgan fingerprint density at radius 2 is 1.86 bits per heavy atom. The van der Waals surface area contributed by atoms with E-state index >= 15 is 0 Å². The number of benzene rings is 2. The number of para-hydroxylation sites is 1. The van der Waals surface area contributed by atoms with Gasteiger partial charge in [-0.05, 0) is 30.3 Å². The van der Waals surface area contributed by atoms with Crippen LogP contribution in [0.25, 0.3) is 11.3 Å². The van der Waals surface area contributed by atoms with Crippen LogP contribution in [0.3, 0.4) is 0 Å². The van der Waals surface area contributed by atoms with Crippen molar-refractivity contribution in [2.45, 2.75) is 0 Å². The molecule has 0 bridgehead atoms. The topological polar surface area (TPSA) is 61.7 Å². The molecule has 4 nitrogen and oxygen atoms in total. The van der Waals surface area contributed by atoms with Crippen molar-refractivity contribution in [2.75, 3.05) is 0 Å². The van der Waals surface area contributed by atoms with E-state index in [2.05, 4.69) is 16.3 Å². The van der Waals surface area contributed by atoms with Gasteiger partial charge < -0.3 is 4.74 Å². The number of hydrogen-bond acceptors (Lipinski definition) is 3. The lowest BCUT2D eigenvalue weighted by Gasteiger charge is -2.11. The molecule has 0 amide bonds. The molecule has 102 valence electrons. The van der Waals surface area contributed by atoms with Gasteiger partial charge in [0, 0.05) is 11.8 Å². The summed E-state index contributed by atoms with van der Waals surface area (Å²) in [6, 6.07) is 16.6. The van der Waals surface area contributed by atoms with Gasteiger partial charge in [-0.3, -0.25) is 5.10 Å². The van der Waals surface area contributed by atoms with Crippen LogP contribution in [0, 0.1) is 11.3 Å². The maximum absolute atomic E-state index is 9.20. The highest BCUT2D eigenvalue weighted by Crippen LogP contribution is 2.35. The molecule has 1 aromatic heterocycles. The molecular formula is C16H10ClN3O. The molecule has 0 saturated carbocycles. The highest BCUT2D eigenvalue weighted by Gasteiger charge is 2.12. The summed E-state index contributed by atoms with van der Waals surface area (Å²) in [6.45, 7) is 0. The fourth-order valence-electron chi connectivity index (χ4n) is 2.00. The normalized spacial score (nSPS) is 10.1. The lowest BCUT2D eigenvalue weighted by molar-refractivity contribution is 0.482. The summed E-state index contributed by atoms with van der Waals surface area (Å²) < 4.78 is 5.88. The van der Waals surface area contributed by atoms with Gasteiger partial charge >= 0.3 is 0 Å². The predicted octanol–water partition coefficient (Wildman–Crippen LogP) is 4.39. The molecule has 0 fully saturated rings. The number of nitriles is 1. The van der Waals surface area contributed by atoms with Gasteiger partial charge in [-0.2, -0.15) is 10.4 Å². The van der Waals surface area contributed by atoms with Gasteiger partial charge in [-0.1, -0.05) is 29.8 Å². The number of halogens is 1. The van der Waals surface area contributed by atoms with Crippen LogP contribution in [0.4, 0.5) is 0 Å². The molecule has 1 heterocycles. The lowest BCUT2D eigenvalue weighted by Crippen LogP contribution is -1.91. The first-order valence-corrected chi connectivity index (χ1v) is 6.62. The largest absolute Gasteiger partial charge is 0.455 e. The molecule has 21 heavy (non-hydrogen) atoms. The number of aromatic amines is 1. The van der Waals surface area contributed by atoms with E-state index in [0.717, 1.165) is 11.3 Å². The Morgan fingerprint density at radius 3 is 2.62 bits per heavy atom. The predicted molar refractivity (Wildman–Crippen MR) is 80.3 cm³/mol. The van der Waals surface area contributed by atoms with E-state index in [9.17, 15) is 5.26 Å². The molecule has 0 unspecified atom stereocenters. The smallest absolute Gasteiger partial charge is 0.146 e. The number of rotatable bonds is 3.